The molecule has 5 heteroatoms. The van der Waals surface area contributed by atoms with Crippen LogP contribution in [-0.4, -0.2) is 17.1 Å². The van der Waals surface area contributed by atoms with E-state index >= 15 is 0 Å². The molecule has 0 atom stereocenters. The fourth-order valence-electron chi connectivity index (χ4n) is 1.87. The standard InChI is InChI=1S/C14H13N3O2/c1-18-11-4-2-9(3-5-11)6-13-17-14-12(19-13)7-10(15)8-16-14/h2-5,7-8H,6,15H2,1H3. The van der Waals surface area contributed by atoms with Crippen LogP contribution in [0.4, 0.5) is 5.69 Å². The maximum atomic E-state index is 5.65. The normalized spacial score (nSPS) is 10.8. The van der Waals surface area contributed by atoms with Crippen LogP contribution in [0.15, 0.2) is 40.9 Å². The van der Waals surface area contributed by atoms with Crippen molar-refractivity contribution in [3.63, 3.8) is 0 Å². The van der Waals surface area contributed by atoms with Gasteiger partial charge in [0.25, 0.3) is 0 Å². The van der Waals surface area contributed by atoms with Gasteiger partial charge >= 0.3 is 0 Å². The van der Waals surface area contributed by atoms with Gasteiger partial charge in [0.15, 0.2) is 11.2 Å². The van der Waals surface area contributed by atoms with Crippen molar-refractivity contribution in [2.75, 3.05) is 12.8 Å². The van der Waals surface area contributed by atoms with Gasteiger partial charge in [-0.3, -0.25) is 0 Å². The first-order valence-electron chi connectivity index (χ1n) is 5.88. The van der Waals surface area contributed by atoms with Gasteiger partial charge in [-0.05, 0) is 17.7 Å². The van der Waals surface area contributed by atoms with Gasteiger partial charge < -0.3 is 14.9 Å². The predicted molar refractivity (Wildman–Crippen MR) is 72.0 cm³/mol. The summed E-state index contributed by atoms with van der Waals surface area (Å²) < 4.78 is 10.7. The second kappa shape index (κ2) is 4.61. The smallest absolute Gasteiger partial charge is 0.201 e. The fraction of sp³-hybridized carbons (Fsp3) is 0.143. The van der Waals surface area contributed by atoms with E-state index in [0.717, 1.165) is 11.3 Å². The number of pyridine rings is 1. The number of oxazole rings is 1. The highest BCUT2D eigenvalue weighted by atomic mass is 16.5. The van der Waals surface area contributed by atoms with Gasteiger partial charge in [0.2, 0.25) is 5.89 Å². The summed E-state index contributed by atoms with van der Waals surface area (Å²) in [5.74, 6) is 1.45. The number of ether oxygens (including phenoxy) is 1. The van der Waals surface area contributed by atoms with E-state index in [1.54, 1.807) is 19.4 Å². The highest BCUT2D eigenvalue weighted by Gasteiger charge is 2.08. The Kier molecular flexibility index (Phi) is 2.79. The molecule has 5 nitrogen and oxygen atoms in total. The highest BCUT2D eigenvalue weighted by molar-refractivity contribution is 5.71. The number of benzene rings is 1. The third-order valence-electron chi connectivity index (χ3n) is 2.83. The van der Waals surface area contributed by atoms with Crippen LogP contribution in [-0.2, 0) is 6.42 Å². The molecular weight excluding hydrogens is 242 g/mol. The molecule has 2 aromatic heterocycles. The molecule has 0 bridgehead atoms. The molecule has 0 unspecified atom stereocenters. The van der Waals surface area contributed by atoms with E-state index in [-0.39, 0.29) is 0 Å². The Morgan fingerprint density at radius 1 is 1.26 bits per heavy atom. The molecule has 0 fully saturated rings. The topological polar surface area (TPSA) is 74.2 Å². The molecule has 96 valence electrons. The maximum Gasteiger partial charge on any atom is 0.201 e. The average molecular weight is 255 g/mol. The lowest BCUT2D eigenvalue weighted by atomic mass is 10.1. The number of nitrogens with two attached hydrogens (primary N) is 1. The molecule has 3 aromatic rings. The van der Waals surface area contributed by atoms with Gasteiger partial charge in [-0.2, -0.15) is 4.98 Å². The first-order chi connectivity index (χ1) is 9.24. The second-order valence-electron chi connectivity index (χ2n) is 4.22. The number of aromatic nitrogens is 2. The minimum atomic E-state index is 0.569. The Morgan fingerprint density at radius 2 is 2.05 bits per heavy atom. The molecule has 2 heterocycles. The molecule has 0 saturated heterocycles. The lowest BCUT2D eigenvalue weighted by Gasteiger charge is -2.00. The monoisotopic (exact) mass is 255 g/mol. The lowest BCUT2D eigenvalue weighted by Crippen LogP contribution is -1.89. The molecule has 3 rings (SSSR count). The second-order valence-corrected chi connectivity index (χ2v) is 4.22. The quantitative estimate of drug-likeness (QED) is 0.777. The molecule has 0 saturated carbocycles. The van der Waals surface area contributed by atoms with Crippen LogP contribution < -0.4 is 10.5 Å². The summed E-state index contributed by atoms with van der Waals surface area (Å²) in [4.78, 5) is 8.45. The molecule has 0 spiro atoms. The Morgan fingerprint density at radius 3 is 2.79 bits per heavy atom. The van der Waals surface area contributed by atoms with Gasteiger partial charge in [-0.15, -0.1) is 0 Å². The Balaban J connectivity index is 1.87. The first kappa shape index (κ1) is 11.5. The van der Waals surface area contributed by atoms with Crippen molar-refractivity contribution in [1.29, 1.82) is 0 Å². The molecule has 2 N–H and O–H groups in total. The number of nitrogen functional groups attached to an aromatic ring is 1. The lowest BCUT2D eigenvalue weighted by molar-refractivity contribution is 0.414. The summed E-state index contributed by atoms with van der Waals surface area (Å²) in [6.07, 6.45) is 2.18. The van der Waals surface area contributed by atoms with Crippen molar-refractivity contribution in [2.24, 2.45) is 0 Å². The van der Waals surface area contributed by atoms with Crippen molar-refractivity contribution in [2.45, 2.75) is 6.42 Å². The summed E-state index contributed by atoms with van der Waals surface area (Å²) in [6.45, 7) is 0. The molecule has 1 aromatic carbocycles. The molecule has 19 heavy (non-hydrogen) atoms. The zero-order valence-corrected chi connectivity index (χ0v) is 10.5. The van der Waals surface area contributed by atoms with E-state index < -0.39 is 0 Å². The maximum absolute atomic E-state index is 5.65. The van der Waals surface area contributed by atoms with E-state index in [1.807, 2.05) is 24.3 Å². The van der Waals surface area contributed by atoms with Crippen molar-refractivity contribution < 1.29 is 9.15 Å². The predicted octanol–water partition coefficient (Wildman–Crippen LogP) is 2.40. The summed E-state index contributed by atoms with van der Waals surface area (Å²) in [5, 5.41) is 0. The summed E-state index contributed by atoms with van der Waals surface area (Å²) in [5.41, 5.74) is 8.52. The van der Waals surface area contributed by atoms with Crippen molar-refractivity contribution >= 4 is 16.9 Å². The number of hydrogen-bond acceptors (Lipinski definition) is 5. The third-order valence-corrected chi connectivity index (χ3v) is 2.83. The first-order valence-corrected chi connectivity index (χ1v) is 5.88. The Labute approximate surface area is 110 Å². The number of fused-ring (bicyclic) bond motifs is 1. The van der Waals surface area contributed by atoms with Gasteiger partial charge in [0.1, 0.15) is 5.75 Å². The van der Waals surface area contributed by atoms with Crippen LogP contribution in [0.25, 0.3) is 11.2 Å². The zero-order chi connectivity index (χ0) is 13.2. The number of hydrogen-bond donors (Lipinski definition) is 1. The Bertz CT molecular complexity index is 704. The van der Waals surface area contributed by atoms with Gasteiger partial charge in [0.05, 0.1) is 19.0 Å². The zero-order valence-electron chi connectivity index (χ0n) is 10.5. The summed E-state index contributed by atoms with van der Waals surface area (Å²) >= 11 is 0. The number of anilines is 1. The van der Waals surface area contributed by atoms with E-state index in [9.17, 15) is 0 Å². The molecular formula is C14H13N3O2. The number of rotatable bonds is 3. The van der Waals surface area contributed by atoms with Crippen LogP contribution >= 0.6 is 0 Å². The molecule has 0 amide bonds. The highest BCUT2D eigenvalue weighted by Crippen LogP contribution is 2.19. The molecule has 0 aliphatic rings. The fourth-order valence-corrected chi connectivity index (χ4v) is 1.87. The average Bonchev–Trinajstić information content (AvgIpc) is 2.81. The third kappa shape index (κ3) is 2.35. The van der Waals surface area contributed by atoms with Crippen LogP contribution in [0.5, 0.6) is 5.75 Å². The number of nitrogens with zero attached hydrogens (tertiary/aromatic N) is 2. The molecule has 0 aliphatic carbocycles. The van der Waals surface area contributed by atoms with Gasteiger partial charge in [-0.1, -0.05) is 12.1 Å². The van der Waals surface area contributed by atoms with Crippen LogP contribution in [0.3, 0.4) is 0 Å². The molecule has 0 aliphatic heterocycles. The van der Waals surface area contributed by atoms with Gasteiger partial charge in [-0.25, -0.2) is 4.98 Å². The summed E-state index contributed by atoms with van der Waals surface area (Å²) in [6, 6.07) is 9.51. The van der Waals surface area contributed by atoms with Gasteiger partial charge in [0, 0.05) is 12.5 Å². The number of methoxy groups -OCH3 is 1. The minimum Gasteiger partial charge on any atom is -0.497 e. The van der Waals surface area contributed by atoms with Crippen LogP contribution in [0.1, 0.15) is 11.5 Å². The van der Waals surface area contributed by atoms with Crippen LogP contribution in [0, 0.1) is 0 Å². The van der Waals surface area contributed by atoms with Crippen molar-refractivity contribution in [3.8, 4) is 5.75 Å². The van der Waals surface area contributed by atoms with Crippen molar-refractivity contribution in [3.05, 3.63) is 48.0 Å². The van der Waals surface area contributed by atoms with Crippen LogP contribution in [0.2, 0.25) is 0 Å². The summed E-state index contributed by atoms with van der Waals surface area (Å²) in [7, 11) is 1.64. The SMILES string of the molecule is COc1ccc(Cc2nc3ncc(N)cc3o2)cc1. The Hall–Kier alpha value is -2.56. The van der Waals surface area contributed by atoms with E-state index in [4.69, 9.17) is 14.9 Å². The van der Waals surface area contributed by atoms with Crippen molar-refractivity contribution in [1.82, 2.24) is 9.97 Å². The minimum absolute atomic E-state index is 0.569. The van der Waals surface area contributed by atoms with E-state index in [0.29, 0.717) is 29.2 Å². The largest absolute Gasteiger partial charge is 0.497 e. The van der Waals surface area contributed by atoms with E-state index in [1.165, 1.54) is 0 Å². The van der Waals surface area contributed by atoms with E-state index in [2.05, 4.69) is 9.97 Å². The molecule has 0 radical (unpaired) electrons.